The van der Waals surface area contributed by atoms with Crippen molar-refractivity contribution in [2.45, 2.75) is 18.9 Å². The Morgan fingerprint density at radius 2 is 1.91 bits per heavy atom. The first-order valence-corrected chi connectivity index (χ1v) is 8.04. The van der Waals surface area contributed by atoms with Gasteiger partial charge in [0.05, 0.1) is 24.2 Å². The van der Waals surface area contributed by atoms with E-state index in [0.717, 1.165) is 13.1 Å². The molecule has 1 aliphatic rings. The van der Waals surface area contributed by atoms with Gasteiger partial charge in [0.1, 0.15) is 6.54 Å². The molecule has 1 aromatic heterocycles. The number of benzene rings is 1. The number of nitro groups is 1. The largest absolute Gasteiger partial charge is 0.357 e. The monoisotopic (exact) mass is 314 g/mol. The summed E-state index contributed by atoms with van der Waals surface area (Å²) in [5.74, 6) is 0.469. The van der Waals surface area contributed by atoms with E-state index in [0.29, 0.717) is 18.4 Å². The minimum atomic E-state index is -0.362. The first-order chi connectivity index (χ1) is 11.3. The Labute approximate surface area is 135 Å². The fraction of sp³-hybridized carbons (Fsp3) is 0.353. The van der Waals surface area contributed by atoms with E-state index in [1.807, 2.05) is 6.07 Å². The smallest absolute Gasteiger partial charge is 0.325 e. The topological polar surface area (TPSA) is 73.8 Å². The second-order valence-electron chi connectivity index (χ2n) is 5.90. The first kappa shape index (κ1) is 15.4. The maximum Gasteiger partial charge on any atom is 0.357 e. The highest BCUT2D eigenvalue weighted by molar-refractivity contribution is 5.50. The number of aromatic amines is 1. The molecule has 3 N–H and O–H groups in total. The number of nitrogens with one attached hydrogen (secondary N) is 3. The summed E-state index contributed by atoms with van der Waals surface area (Å²) >= 11 is 0. The fourth-order valence-electron chi connectivity index (χ4n) is 3.29. The van der Waals surface area contributed by atoms with Crippen LogP contribution in [0.15, 0.2) is 48.7 Å². The predicted octanol–water partition coefficient (Wildman–Crippen LogP) is 1.24. The van der Waals surface area contributed by atoms with E-state index in [2.05, 4.69) is 34.6 Å². The van der Waals surface area contributed by atoms with Gasteiger partial charge in [-0.15, -0.1) is 0 Å². The second kappa shape index (κ2) is 7.19. The van der Waals surface area contributed by atoms with Gasteiger partial charge in [-0.3, -0.25) is 15.4 Å². The number of nitrogens with zero attached hydrogens (tertiary/aromatic N) is 1. The summed E-state index contributed by atoms with van der Waals surface area (Å²) in [5, 5.41) is 14.4. The Balaban J connectivity index is 1.78. The van der Waals surface area contributed by atoms with Crippen LogP contribution in [0.5, 0.6) is 0 Å². The summed E-state index contributed by atoms with van der Waals surface area (Å²) in [4.78, 5) is 15.3. The Kier molecular flexibility index (Phi) is 4.83. The summed E-state index contributed by atoms with van der Waals surface area (Å²) in [6.45, 7) is 2.98. The third-order valence-corrected chi connectivity index (χ3v) is 4.45. The van der Waals surface area contributed by atoms with Crippen molar-refractivity contribution in [3.8, 4) is 0 Å². The number of hydrogen-bond donors (Lipinski definition) is 2. The minimum absolute atomic E-state index is 0.0794. The van der Waals surface area contributed by atoms with Gasteiger partial charge in [-0.2, -0.15) is 0 Å². The fourth-order valence-corrected chi connectivity index (χ4v) is 3.29. The highest BCUT2D eigenvalue weighted by Gasteiger charge is 2.30. The highest BCUT2D eigenvalue weighted by Crippen LogP contribution is 2.19. The molecular weight excluding hydrogens is 292 g/mol. The molecule has 6 heteroatoms. The van der Waals surface area contributed by atoms with Crippen LogP contribution in [0.2, 0.25) is 0 Å². The van der Waals surface area contributed by atoms with Crippen molar-refractivity contribution >= 4 is 11.5 Å². The molecular formula is C17H22N4O2+2. The molecule has 0 saturated carbocycles. The van der Waals surface area contributed by atoms with E-state index in [1.165, 1.54) is 24.5 Å². The Bertz CT molecular complexity index is 657. The summed E-state index contributed by atoms with van der Waals surface area (Å²) in [7, 11) is 0. The van der Waals surface area contributed by atoms with Crippen LogP contribution in [0.1, 0.15) is 24.4 Å². The number of pyridine rings is 1. The van der Waals surface area contributed by atoms with Crippen molar-refractivity contribution in [3.05, 3.63) is 64.3 Å². The lowest BCUT2D eigenvalue weighted by Gasteiger charge is -2.23. The van der Waals surface area contributed by atoms with E-state index in [-0.39, 0.29) is 10.6 Å². The number of anilines is 1. The van der Waals surface area contributed by atoms with Crippen LogP contribution in [-0.4, -0.2) is 24.6 Å². The molecule has 120 valence electrons. The molecule has 1 aromatic carbocycles. The standard InChI is InChI=1S/C17H20N4O2/c22-21(23)15-9-6-10-18-17(15)19-13-16(20-11-4-5-12-20)14-7-2-1-3-8-14/h1-3,6-10,16H,4-5,11-13H2,(H,18,19)/p+2/t16-/m1/s1. The zero-order valence-electron chi connectivity index (χ0n) is 13.0. The van der Waals surface area contributed by atoms with Gasteiger partial charge < -0.3 is 4.90 Å². The summed E-state index contributed by atoms with van der Waals surface area (Å²) < 4.78 is 0. The third kappa shape index (κ3) is 3.65. The maximum absolute atomic E-state index is 11.1. The third-order valence-electron chi connectivity index (χ3n) is 4.45. The molecule has 2 aromatic rings. The molecule has 0 unspecified atom stereocenters. The van der Waals surface area contributed by atoms with Gasteiger partial charge >= 0.3 is 11.5 Å². The summed E-state index contributed by atoms with van der Waals surface area (Å²) in [6.07, 6.45) is 4.20. The number of quaternary nitrogens is 1. The molecule has 0 amide bonds. The average molecular weight is 314 g/mol. The summed E-state index contributed by atoms with van der Waals surface area (Å²) in [5.41, 5.74) is 1.35. The van der Waals surface area contributed by atoms with E-state index < -0.39 is 0 Å². The van der Waals surface area contributed by atoms with Gasteiger partial charge in [0.2, 0.25) is 0 Å². The maximum atomic E-state index is 11.1. The number of rotatable bonds is 6. The van der Waals surface area contributed by atoms with Crippen LogP contribution >= 0.6 is 0 Å². The van der Waals surface area contributed by atoms with Gasteiger partial charge in [-0.25, -0.2) is 4.98 Å². The van der Waals surface area contributed by atoms with Gasteiger partial charge in [0.25, 0.3) is 0 Å². The number of aromatic nitrogens is 1. The van der Waals surface area contributed by atoms with E-state index in [4.69, 9.17) is 0 Å². The second-order valence-corrected chi connectivity index (χ2v) is 5.90. The minimum Gasteiger partial charge on any atom is -0.325 e. The van der Waals surface area contributed by atoms with Crippen molar-refractivity contribution in [3.63, 3.8) is 0 Å². The molecule has 2 heterocycles. The van der Waals surface area contributed by atoms with E-state index in [9.17, 15) is 10.1 Å². The SMILES string of the molecule is O=[N+]([O-])c1ccc[nH+]c1NC[C@H](c1ccccc1)[NH+]1CCCC1. The molecule has 0 aliphatic carbocycles. The van der Waals surface area contributed by atoms with Crippen LogP contribution in [0.4, 0.5) is 11.5 Å². The quantitative estimate of drug-likeness (QED) is 0.622. The van der Waals surface area contributed by atoms with Crippen LogP contribution in [-0.2, 0) is 0 Å². The molecule has 3 rings (SSSR count). The molecule has 0 spiro atoms. The van der Waals surface area contributed by atoms with Gasteiger partial charge in [0, 0.05) is 24.5 Å². The lowest BCUT2D eigenvalue weighted by molar-refractivity contribution is -0.918. The predicted molar refractivity (Wildman–Crippen MR) is 87.3 cm³/mol. The molecule has 0 bridgehead atoms. The number of hydrogen-bond acceptors (Lipinski definition) is 3. The Morgan fingerprint density at radius 1 is 1.17 bits per heavy atom. The lowest BCUT2D eigenvalue weighted by atomic mass is 10.1. The average Bonchev–Trinajstić information content (AvgIpc) is 3.10. The zero-order valence-corrected chi connectivity index (χ0v) is 13.0. The van der Waals surface area contributed by atoms with Crippen LogP contribution < -0.4 is 15.2 Å². The molecule has 1 atom stereocenters. The van der Waals surface area contributed by atoms with Crippen molar-refractivity contribution in [2.75, 3.05) is 25.0 Å². The highest BCUT2D eigenvalue weighted by atomic mass is 16.6. The van der Waals surface area contributed by atoms with Crippen molar-refractivity contribution in [1.29, 1.82) is 0 Å². The van der Waals surface area contributed by atoms with Crippen molar-refractivity contribution in [2.24, 2.45) is 0 Å². The molecule has 0 radical (unpaired) electrons. The summed E-state index contributed by atoms with van der Waals surface area (Å²) in [6, 6.07) is 13.9. The Hall–Kier alpha value is -2.47. The van der Waals surface area contributed by atoms with E-state index >= 15 is 0 Å². The van der Waals surface area contributed by atoms with Crippen molar-refractivity contribution in [1.82, 2.24) is 0 Å². The van der Waals surface area contributed by atoms with Crippen molar-refractivity contribution < 1.29 is 14.8 Å². The molecule has 1 fully saturated rings. The van der Waals surface area contributed by atoms with Crippen LogP contribution in [0.25, 0.3) is 0 Å². The van der Waals surface area contributed by atoms with E-state index in [1.54, 1.807) is 17.2 Å². The number of likely N-dealkylation sites (tertiary alicyclic amines) is 1. The van der Waals surface area contributed by atoms with Crippen LogP contribution in [0, 0.1) is 10.1 Å². The molecule has 6 nitrogen and oxygen atoms in total. The molecule has 1 aliphatic heterocycles. The zero-order chi connectivity index (χ0) is 16.1. The number of H-pyrrole nitrogens is 1. The Morgan fingerprint density at radius 3 is 2.61 bits per heavy atom. The van der Waals surface area contributed by atoms with Crippen LogP contribution in [0.3, 0.4) is 0 Å². The molecule has 23 heavy (non-hydrogen) atoms. The van der Waals surface area contributed by atoms with Gasteiger partial charge in [-0.05, 0) is 6.07 Å². The first-order valence-electron chi connectivity index (χ1n) is 8.04. The van der Waals surface area contributed by atoms with Gasteiger partial charge in [0.15, 0.2) is 6.04 Å². The lowest BCUT2D eigenvalue weighted by Crippen LogP contribution is -3.11. The molecule has 1 saturated heterocycles. The van der Waals surface area contributed by atoms with Gasteiger partial charge in [-0.1, -0.05) is 30.3 Å². The normalized spacial score (nSPS) is 16.2.